The average molecular weight is 344 g/mol. The van der Waals surface area contributed by atoms with Crippen molar-refractivity contribution in [2.75, 3.05) is 0 Å². The predicted octanol–water partition coefficient (Wildman–Crippen LogP) is 2.48. The molecule has 0 amide bonds. The topological polar surface area (TPSA) is 107 Å². The number of rotatable bonds is 4. The van der Waals surface area contributed by atoms with E-state index in [0.717, 1.165) is 11.1 Å². The molecule has 1 N–H and O–H groups in total. The van der Waals surface area contributed by atoms with Gasteiger partial charge in [-0.25, -0.2) is 19.4 Å². The largest absolute Gasteiger partial charge is 0.476 e. The summed E-state index contributed by atoms with van der Waals surface area (Å²) < 4.78 is 1.41. The minimum atomic E-state index is -1.10. The molecule has 0 aliphatic rings. The highest BCUT2D eigenvalue weighted by atomic mass is 16.4. The molecule has 0 aliphatic heterocycles. The normalized spacial score (nSPS) is 10.6. The Kier molecular flexibility index (Phi) is 3.91. The van der Waals surface area contributed by atoms with Gasteiger partial charge in [0.15, 0.2) is 17.3 Å². The van der Waals surface area contributed by atoms with E-state index in [1.165, 1.54) is 10.7 Å². The molecule has 0 aromatic carbocycles. The fraction of sp³-hybridized carbons (Fsp3) is 0. The second-order valence-electron chi connectivity index (χ2n) is 5.37. The second-order valence-corrected chi connectivity index (χ2v) is 5.37. The zero-order valence-electron chi connectivity index (χ0n) is 13.4. The Labute approximate surface area is 147 Å². The van der Waals surface area contributed by atoms with Crippen LogP contribution in [0.4, 0.5) is 0 Å². The summed E-state index contributed by atoms with van der Waals surface area (Å²) in [6.07, 6.45) is 8.26. The van der Waals surface area contributed by atoms with Crippen molar-refractivity contribution < 1.29 is 9.90 Å². The molecule has 0 unspecified atom stereocenters. The van der Waals surface area contributed by atoms with E-state index < -0.39 is 5.97 Å². The van der Waals surface area contributed by atoms with E-state index in [4.69, 9.17) is 5.11 Å². The third-order valence-corrected chi connectivity index (χ3v) is 3.63. The quantitative estimate of drug-likeness (QED) is 0.606. The lowest BCUT2D eigenvalue weighted by Crippen LogP contribution is -2.05. The standard InChI is InChI=1S/C18H12N6O2/c25-18(26)14-5-8-24(23-14)16-9-15(12-3-1-6-19-10-12)21-17(22-16)13-4-2-7-20-11-13/h1-11H,(H,25,26). The van der Waals surface area contributed by atoms with Gasteiger partial charge in [-0.2, -0.15) is 5.10 Å². The first-order chi connectivity index (χ1) is 12.7. The highest BCUT2D eigenvalue weighted by Gasteiger charge is 2.13. The molecule has 8 nitrogen and oxygen atoms in total. The maximum absolute atomic E-state index is 11.1. The maximum atomic E-state index is 11.1. The second kappa shape index (κ2) is 6.52. The molecule has 4 aromatic rings. The molecule has 0 radical (unpaired) electrons. The van der Waals surface area contributed by atoms with E-state index in [1.807, 2.05) is 18.2 Å². The Morgan fingerprint density at radius 3 is 2.31 bits per heavy atom. The van der Waals surface area contributed by atoms with Crippen molar-refractivity contribution in [2.45, 2.75) is 0 Å². The average Bonchev–Trinajstić information content (AvgIpc) is 3.20. The van der Waals surface area contributed by atoms with Crippen LogP contribution in [0.5, 0.6) is 0 Å². The van der Waals surface area contributed by atoms with Gasteiger partial charge in [0, 0.05) is 48.2 Å². The van der Waals surface area contributed by atoms with Crippen LogP contribution in [0.25, 0.3) is 28.5 Å². The minimum absolute atomic E-state index is 0.0607. The van der Waals surface area contributed by atoms with Crippen LogP contribution in [-0.2, 0) is 0 Å². The fourth-order valence-electron chi connectivity index (χ4n) is 2.40. The molecule has 0 aliphatic carbocycles. The maximum Gasteiger partial charge on any atom is 0.356 e. The van der Waals surface area contributed by atoms with E-state index >= 15 is 0 Å². The molecule has 0 fully saturated rings. The number of carbonyl (C=O) groups is 1. The van der Waals surface area contributed by atoms with Crippen molar-refractivity contribution in [3.05, 3.63) is 73.1 Å². The Morgan fingerprint density at radius 2 is 1.69 bits per heavy atom. The molecule has 0 saturated heterocycles. The summed E-state index contributed by atoms with van der Waals surface area (Å²) in [5, 5.41) is 13.1. The Bertz CT molecular complexity index is 1010. The van der Waals surface area contributed by atoms with Crippen LogP contribution in [0.2, 0.25) is 0 Å². The number of hydrogen-bond acceptors (Lipinski definition) is 6. The first kappa shape index (κ1) is 15.6. The summed E-state index contributed by atoms with van der Waals surface area (Å²) in [5.41, 5.74) is 2.14. The number of carboxylic acid groups (broad SMARTS) is 1. The molecular weight excluding hydrogens is 332 g/mol. The van der Waals surface area contributed by atoms with Gasteiger partial charge in [-0.05, 0) is 30.3 Å². The van der Waals surface area contributed by atoms with Gasteiger partial charge in [0.05, 0.1) is 5.69 Å². The number of aromatic nitrogens is 6. The number of pyridine rings is 2. The molecule has 126 valence electrons. The highest BCUT2D eigenvalue weighted by molar-refractivity contribution is 5.85. The Morgan fingerprint density at radius 1 is 0.962 bits per heavy atom. The lowest BCUT2D eigenvalue weighted by atomic mass is 10.2. The Balaban J connectivity index is 1.89. The van der Waals surface area contributed by atoms with E-state index in [2.05, 4.69) is 25.0 Å². The van der Waals surface area contributed by atoms with Crippen molar-refractivity contribution in [3.63, 3.8) is 0 Å². The molecule has 0 saturated carbocycles. The molecule has 26 heavy (non-hydrogen) atoms. The van der Waals surface area contributed by atoms with Crippen LogP contribution in [0.1, 0.15) is 10.5 Å². The van der Waals surface area contributed by atoms with Gasteiger partial charge in [0.2, 0.25) is 0 Å². The van der Waals surface area contributed by atoms with Gasteiger partial charge in [-0.15, -0.1) is 0 Å². The lowest BCUT2D eigenvalue weighted by molar-refractivity contribution is 0.0690. The zero-order valence-corrected chi connectivity index (χ0v) is 13.4. The summed E-state index contributed by atoms with van der Waals surface area (Å²) in [6.45, 7) is 0. The third-order valence-electron chi connectivity index (χ3n) is 3.63. The third kappa shape index (κ3) is 3.03. The summed E-state index contributed by atoms with van der Waals surface area (Å²) in [4.78, 5) is 28.4. The smallest absolute Gasteiger partial charge is 0.356 e. The Hall–Kier alpha value is -3.94. The molecule has 4 heterocycles. The zero-order chi connectivity index (χ0) is 17.9. The SMILES string of the molecule is O=C(O)c1ccn(-c2cc(-c3cccnc3)nc(-c3cccnc3)n2)n1. The summed E-state index contributed by atoms with van der Waals surface area (Å²) in [5.74, 6) is -0.190. The number of hydrogen-bond donors (Lipinski definition) is 1. The molecule has 0 spiro atoms. The van der Waals surface area contributed by atoms with Gasteiger partial charge in [0.25, 0.3) is 0 Å². The van der Waals surface area contributed by atoms with E-state index in [-0.39, 0.29) is 5.69 Å². The minimum Gasteiger partial charge on any atom is -0.476 e. The van der Waals surface area contributed by atoms with Gasteiger partial charge >= 0.3 is 5.97 Å². The number of aromatic carboxylic acids is 1. The van der Waals surface area contributed by atoms with Gasteiger partial charge in [-0.3, -0.25) is 9.97 Å². The van der Waals surface area contributed by atoms with Crippen molar-refractivity contribution >= 4 is 5.97 Å². The lowest BCUT2D eigenvalue weighted by Gasteiger charge is -2.08. The van der Waals surface area contributed by atoms with E-state index in [1.54, 1.807) is 43.1 Å². The predicted molar refractivity (Wildman–Crippen MR) is 92.6 cm³/mol. The van der Waals surface area contributed by atoms with Crippen LogP contribution in [0.15, 0.2) is 67.4 Å². The molecule has 4 aromatic heterocycles. The van der Waals surface area contributed by atoms with E-state index in [0.29, 0.717) is 17.3 Å². The van der Waals surface area contributed by atoms with Gasteiger partial charge in [0.1, 0.15) is 0 Å². The van der Waals surface area contributed by atoms with Crippen molar-refractivity contribution in [3.8, 4) is 28.5 Å². The fourth-order valence-corrected chi connectivity index (χ4v) is 2.40. The summed E-state index contributed by atoms with van der Waals surface area (Å²) >= 11 is 0. The number of nitrogens with zero attached hydrogens (tertiary/aromatic N) is 6. The van der Waals surface area contributed by atoms with Crippen LogP contribution in [0, 0.1) is 0 Å². The van der Waals surface area contributed by atoms with Crippen LogP contribution >= 0.6 is 0 Å². The van der Waals surface area contributed by atoms with Crippen molar-refractivity contribution in [2.24, 2.45) is 0 Å². The van der Waals surface area contributed by atoms with Crippen molar-refractivity contribution in [1.29, 1.82) is 0 Å². The monoisotopic (exact) mass is 344 g/mol. The molecule has 8 heteroatoms. The highest BCUT2D eigenvalue weighted by Crippen LogP contribution is 2.23. The first-order valence-electron chi connectivity index (χ1n) is 7.70. The van der Waals surface area contributed by atoms with Crippen LogP contribution in [-0.4, -0.2) is 40.8 Å². The van der Waals surface area contributed by atoms with Crippen molar-refractivity contribution in [1.82, 2.24) is 29.7 Å². The molecule has 0 atom stereocenters. The van der Waals surface area contributed by atoms with Gasteiger partial charge < -0.3 is 5.11 Å². The number of carboxylic acids is 1. The van der Waals surface area contributed by atoms with E-state index in [9.17, 15) is 4.79 Å². The van der Waals surface area contributed by atoms with Crippen LogP contribution < -0.4 is 0 Å². The summed E-state index contributed by atoms with van der Waals surface area (Å²) in [6, 6.07) is 10.5. The molecule has 0 bridgehead atoms. The van der Waals surface area contributed by atoms with Crippen LogP contribution in [0.3, 0.4) is 0 Å². The first-order valence-corrected chi connectivity index (χ1v) is 7.70. The molecule has 4 rings (SSSR count). The summed E-state index contributed by atoms with van der Waals surface area (Å²) in [7, 11) is 0. The molecular formula is C18H12N6O2. The van der Waals surface area contributed by atoms with Gasteiger partial charge in [-0.1, -0.05) is 0 Å².